The number of halogens is 1. The Morgan fingerprint density at radius 1 is 1.12 bits per heavy atom. The maximum absolute atomic E-state index is 9.69. The molecule has 0 saturated heterocycles. The molecule has 2 aromatic carbocycles. The van der Waals surface area contributed by atoms with E-state index in [1.807, 2.05) is 18.2 Å². The molecule has 0 saturated carbocycles. The zero-order valence-corrected chi connectivity index (χ0v) is 9.91. The lowest BCUT2D eigenvalue weighted by atomic mass is 10.1. The van der Waals surface area contributed by atoms with Gasteiger partial charge in [0.15, 0.2) is 0 Å². The van der Waals surface area contributed by atoms with Gasteiger partial charge in [-0.25, -0.2) is 0 Å². The zero-order chi connectivity index (χ0) is 12.3. The average molecular weight is 249 g/mol. The molecule has 2 aromatic rings. The predicted molar refractivity (Wildman–Crippen MR) is 71.3 cm³/mol. The summed E-state index contributed by atoms with van der Waals surface area (Å²) in [6.07, 6.45) is 0. The summed E-state index contributed by atoms with van der Waals surface area (Å²) in [5, 5.41) is 13.5. The van der Waals surface area contributed by atoms with Gasteiger partial charge in [0.2, 0.25) is 0 Å². The number of hydrogen-bond acceptors (Lipinski definition) is 3. The van der Waals surface area contributed by atoms with Gasteiger partial charge in [0.25, 0.3) is 0 Å². The van der Waals surface area contributed by atoms with E-state index in [1.165, 1.54) is 0 Å². The Labute approximate surface area is 105 Å². The zero-order valence-electron chi connectivity index (χ0n) is 9.15. The molecule has 88 valence electrons. The minimum atomic E-state index is 0.185. The summed E-state index contributed by atoms with van der Waals surface area (Å²) in [6, 6.07) is 12.5. The molecule has 0 amide bonds. The maximum atomic E-state index is 9.69. The lowest BCUT2D eigenvalue weighted by molar-refractivity contribution is 0.469. The molecule has 0 aliphatic rings. The molecule has 17 heavy (non-hydrogen) atoms. The third-order valence-electron chi connectivity index (χ3n) is 2.52. The normalized spacial score (nSPS) is 10.2. The standard InChI is InChI=1S/C13H13ClN2O/c14-10-4-1-2-6-12(10)16-8-9-11(15)5-3-7-13(9)17/h1-7,16-17H,8,15H2. The van der Waals surface area contributed by atoms with Crippen molar-refractivity contribution in [2.24, 2.45) is 0 Å². The van der Waals surface area contributed by atoms with E-state index in [4.69, 9.17) is 17.3 Å². The smallest absolute Gasteiger partial charge is 0.122 e. The van der Waals surface area contributed by atoms with Gasteiger partial charge in [0.05, 0.1) is 10.7 Å². The van der Waals surface area contributed by atoms with Gasteiger partial charge in [-0.2, -0.15) is 0 Å². The molecule has 0 heterocycles. The Hall–Kier alpha value is -1.87. The molecule has 0 atom stereocenters. The highest BCUT2D eigenvalue weighted by Gasteiger charge is 2.05. The maximum Gasteiger partial charge on any atom is 0.122 e. The van der Waals surface area contributed by atoms with Crippen LogP contribution in [0.3, 0.4) is 0 Å². The van der Waals surface area contributed by atoms with Crippen LogP contribution in [0.5, 0.6) is 5.75 Å². The van der Waals surface area contributed by atoms with Crippen LogP contribution >= 0.6 is 11.6 Å². The average Bonchev–Trinajstić information content (AvgIpc) is 2.30. The van der Waals surface area contributed by atoms with Gasteiger partial charge >= 0.3 is 0 Å². The molecule has 0 bridgehead atoms. The van der Waals surface area contributed by atoms with Crippen molar-refractivity contribution in [2.75, 3.05) is 11.1 Å². The van der Waals surface area contributed by atoms with Crippen molar-refractivity contribution in [3.05, 3.63) is 53.1 Å². The van der Waals surface area contributed by atoms with E-state index in [-0.39, 0.29) is 5.75 Å². The summed E-state index contributed by atoms with van der Waals surface area (Å²) in [5.41, 5.74) is 7.84. The highest BCUT2D eigenvalue weighted by atomic mass is 35.5. The van der Waals surface area contributed by atoms with E-state index >= 15 is 0 Å². The number of nitrogens with one attached hydrogen (secondary N) is 1. The highest BCUT2D eigenvalue weighted by Crippen LogP contribution is 2.26. The molecule has 0 aliphatic heterocycles. The van der Waals surface area contributed by atoms with E-state index in [0.717, 1.165) is 5.69 Å². The number of aromatic hydroxyl groups is 1. The number of benzene rings is 2. The number of anilines is 2. The third kappa shape index (κ3) is 2.63. The predicted octanol–water partition coefficient (Wildman–Crippen LogP) is 3.24. The van der Waals surface area contributed by atoms with Crippen molar-refractivity contribution in [2.45, 2.75) is 6.54 Å². The fraction of sp³-hybridized carbons (Fsp3) is 0.0769. The fourth-order valence-corrected chi connectivity index (χ4v) is 1.78. The quantitative estimate of drug-likeness (QED) is 0.731. The number of nitrogen functional groups attached to an aromatic ring is 1. The Kier molecular flexibility index (Phi) is 3.40. The monoisotopic (exact) mass is 248 g/mol. The van der Waals surface area contributed by atoms with Crippen LogP contribution in [0.25, 0.3) is 0 Å². The highest BCUT2D eigenvalue weighted by molar-refractivity contribution is 6.33. The summed E-state index contributed by atoms with van der Waals surface area (Å²) in [5.74, 6) is 0.185. The van der Waals surface area contributed by atoms with E-state index in [1.54, 1.807) is 24.3 Å². The van der Waals surface area contributed by atoms with Gasteiger partial charge in [-0.1, -0.05) is 29.8 Å². The number of rotatable bonds is 3. The molecule has 3 nitrogen and oxygen atoms in total. The molecule has 0 spiro atoms. The van der Waals surface area contributed by atoms with Crippen molar-refractivity contribution in [3.63, 3.8) is 0 Å². The van der Waals surface area contributed by atoms with Crippen molar-refractivity contribution >= 4 is 23.0 Å². The summed E-state index contributed by atoms with van der Waals surface area (Å²) in [7, 11) is 0. The van der Waals surface area contributed by atoms with Crippen LogP contribution in [0, 0.1) is 0 Å². The first-order chi connectivity index (χ1) is 8.18. The Morgan fingerprint density at radius 3 is 2.59 bits per heavy atom. The van der Waals surface area contributed by atoms with Crippen molar-refractivity contribution in [1.29, 1.82) is 0 Å². The van der Waals surface area contributed by atoms with Crippen molar-refractivity contribution in [1.82, 2.24) is 0 Å². The molecule has 4 N–H and O–H groups in total. The van der Waals surface area contributed by atoms with Crippen LogP contribution < -0.4 is 11.1 Å². The van der Waals surface area contributed by atoms with Crippen LogP contribution in [0.1, 0.15) is 5.56 Å². The summed E-state index contributed by atoms with van der Waals surface area (Å²) >= 11 is 6.01. The molecule has 2 rings (SSSR count). The molecular formula is C13H13ClN2O. The van der Waals surface area contributed by atoms with Gasteiger partial charge in [0, 0.05) is 17.8 Å². The Bertz CT molecular complexity index is 508. The second-order valence-corrected chi connectivity index (χ2v) is 4.09. The van der Waals surface area contributed by atoms with Crippen LogP contribution in [0.4, 0.5) is 11.4 Å². The van der Waals surface area contributed by atoms with Crippen molar-refractivity contribution < 1.29 is 5.11 Å². The van der Waals surface area contributed by atoms with E-state index < -0.39 is 0 Å². The molecule has 0 unspecified atom stereocenters. The lowest BCUT2D eigenvalue weighted by Crippen LogP contribution is -2.03. The van der Waals surface area contributed by atoms with E-state index in [2.05, 4.69) is 5.32 Å². The second-order valence-electron chi connectivity index (χ2n) is 3.68. The molecule has 0 radical (unpaired) electrons. The van der Waals surface area contributed by atoms with Gasteiger partial charge in [-0.15, -0.1) is 0 Å². The first kappa shape index (κ1) is 11.6. The van der Waals surface area contributed by atoms with Crippen LogP contribution in [-0.4, -0.2) is 5.11 Å². The molecule has 0 fully saturated rings. The van der Waals surface area contributed by atoms with E-state index in [0.29, 0.717) is 22.8 Å². The minimum absolute atomic E-state index is 0.185. The third-order valence-corrected chi connectivity index (χ3v) is 2.85. The largest absolute Gasteiger partial charge is 0.508 e. The Balaban J connectivity index is 2.16. The number of hydrogen-bond donors (Lipinski definition) is 3. The number of phenolic OH excluding ortho intramolecular Hbond substituents is 1. The van der Waals surface area contributed by atoms with Gasteiger partial charge in [0.1, 0.15) is 5.75 Å². The topological polar surface area (TPSA) is 58.3 Å². The lowest BCUT2D eigenvalue weighted by Gasteiger charge is -2.11. The van der Waals surface area contributed by atoms with Crippen LogP contribution in [-0.2, 0) is 6.54 Å². The summed E-state index contributed by atoms with van der Waals surface area (Å²) in [4.78, 5) is 0. The van der Waals surface area contributed by atoms with E-state index in [9.17, 15) is 5.11 Å². The minimum Gasteiger partial charge on any atom is -0.508 e. The number of nitrogens with two attached hydrogens (primary N) is 1. The van der Waals surface area contributed by atoms with Gasteiger partial charge in [-0.3, -0.25) is 0 Å². The first-order valence-corrected chi connectivity index (χ1v) is 5.61. The Morgan fingerprint density at radius 2 is 1.88 bits per heavy atom. The van der Waals surface area contributed by atoms with Crippen LogP contribution in [0.15, 0.2) is 42.5 Å². The van der Waals surface area contributed by atoms with Crippen LogP contribution in [0.2, 0.25) is 5.02 Å². The SMILES string of the molecule is Nc1cccc(O)c1CNc1ccccc1Cl. The number of phenols is 1. The first-order valence-electron chi connectivity index (χ1n) is 5.23. The molecule has 4 heteroatoms. The van der Waals surface area contributed by atoms with Gasteiger partial charge < -0.3 is 16.2 Å². The second kappa shape index (κ2) is 4.97. The fourth-order valence-electron chi connectivity index (χ4n) is 1.57. The molecular weight excluding hydrogens is 236 g/mol. The number of para-hydroxylation sites is 1. The molecule has 0 aliphatic carbocycles. The van der Waals surface area contributed by atoms with Gasteiger partial charge in [-0.05, 0) is 24.3 Å². The summed E-state index contributed by atoms with van der Waals surface area (Å²) < 4.78 is 0. The molecule has 0 aromatic heterocycles. The summed E-state index contributed by atoms with van der Waals surface area (Å²) in [6.45, 7) is 0.433. The van der Waals surface area contributed by atoms with Crippen molar-refractivity contribution in [3.8, 4) is 5.75 Å².